The molecule has 8 heteroatoms. The van der Waals surface area contributed by atoms with Crippen molar-refractivity contribution in [1.82, 2.24) is 10.2 Å². The van der Waals surface area contributed by atoms with Crippen LogP contribution in [0.5, 0.6) is 0 Å². The minimum atomic E-state index is -4.25. The zero-order valence-corrected chi connectivity index (χ0v) is 12.4. The zero-order valence-electron chi connectivity index (χ0n) is 12.4. The number of alkyl halides is 3. The first kappa shape index (κ1) is 17.3. The summed E-state index contributed by atoms with van der Waals surface area (Å²) < 4.78 is 38.1. The Morgan fingerprint density at radius 2 is 1.91 bits per heavy atom. The van der Waals surface area contributed by atoms with Crippen molar-refractivity contribution in [2.45, 2.75) is 19.0 Å². The van der Waals surface area contributed by atoms with Gasteiger partial charge in [0.05, 0.1) is 12.5 Å². The van der Waals surface area contributed by atoms with Gasteiger partial charge in [-0.05, 0) is 31.5 Å². The van der Waals surface area contributed by atoms with Crippen LogP contribution in [0, 0.1) is 5.92 Å². The van der Waals surface area contributed by atoms with Crippen molar-refractivity contribution in [3.05, 3.63) is 30.3 Å². The van der Waals surface area contributed by atoms with Crippen LogP contribution in [0.15, 0.2) is 30.3 Å². The first-order valence-electron chi connectivity index (χ1n) is 7.29. The number of piperidine rings is 1. The summed E-state index contributed by atoms with van der Waals surface area (Å²) in [5.74, 6) is -2.04. The smallest absolute Gasteiger partial charge is 0.308 e. The summed E-state index contributed by atoms with van der Waals surface area (Å²) in [7, 11) is 0. The lowest BCUT2D eigenvalue weighted by Gasteiger charge is -2.33. The van der Waals surface area contributed by atoms with Gasteiger partial charge in [-0.3, -0.25) is 15.0 Å². The standard InChI is InChI=1S/C15H18F3N3O2/c16-15(17,18)11-5-4-8-21(9-11)10-13(22)20-14(23)19-12-6-2-1-3-7-12/h1-3,6-7,11H,4-5,8-10H2,(H2,19,20,22,23). The van der Waals surface area contributed by atoms with E-state index < -0.39 is 24.0 Å². The van der Waals surface area contributed by atoms with Gasteiger partial charge in [0.2, 0.25) is 5.91 Å². The number of amides is 3. The topological polar surface area (TPSA) is 61.4 Å². The molecule has 23 heavy (non-hydrogen) atoms. The Kier molecular flexibility index (Phi) is 5.59. The number of nitrogens with one attached hydrogen (secondary N) is 2. The number of likely N-dealkylation sites (tertiary alicyclic amines) is 1. The highest BCUT2D eigenvalue weighted by atomic mass is 19.4. The van der Waals surface area contributed by atoms with E-state index in [0.717, 1.165) is 0 Å². The van der Waals surface area contributed by atoms with Gasteiger partial charge in [0.25, 0.3) is 0 Å². The maximum absolute atomic E-state index is 12.7. The summed E-state index contributed by atoms with van der Waals surface area (Å²) >= 11 is 0. The van der Waals surface area contributed by atoms with Crippen LogP contribution in [0.3, 0.4) is 0 Å². The Hall–Kier alpha value is -2.09. The van der Waals surface area contributed by atoms with Crippen LogP contribution >= 0.6 is 0 Å². The molecule has 2 N–H and O–H groups in total. The molecule has 3 amide bonds. The van der Waals surface area contributed by atoms with E-state index in [2.05, 4.69) is 10.6 Å². The molecule has 0 radical (unpaired) electrons. The normalized spacial score (nSPS) is 19.2. The summed E-state index contributed by atoms with van der Waals surface area (Å²) in [4.78, 5) is 24.8. The molecular weight excluding hydrogens is 311 g/mol. The van der Waals surface area contributed by atoms with Gasteiger partial charge in [0.1, 0.15) is 0 Å². The SMILES string of the molecule is O=C(CN1CCCC(C(F)(F)F)C1)NC(=O)Nc1ccccc1. The average Bonchev–Trinajstić information content (AvgIpc) is 2.47. The third-order valence-electron chi connectivity index (χ3n) is 3.62. The van der Waals surface area contributed by atoms with Crippen LogP contribution in [-0.2, 0) is 4.79 Å². The molecule has 2 rings (SSSR count). The van der Waals surface area contributed by atoms with Crippen molar-refractivity contribution < 1.29 is 22.8 Å². The van der Waals surface area contributed by atoms with Gasteiger partial charge in [0.15, 0.2) is 0 Å². The van der Waals surface area contributed by atoms with Gasteiger partial charge in [-0.1, -0.05) is 18.2 Å². The molecule has 0 spiro atoms. The van der Waals surface area contributed by atoms with Crippen LogP contribution in [0.4, 0.5) is 23.7 Å². The lowest BCUT2D eigenvalue weighted by atomic mass is 9.97. The molecule has 1 fully saturated rings. The second-order valence-corrected chi connectivity index (χ2v) is 5.48. The van der Waals surface area contributed by atoms with Crippen molar-refractivity contribution in [2.24, 2.45) is 5.92 Å². The number of hydrogen-bond donors (Lipinski definition) is 2. The van der Waals surface area contributed by atoms with Crippen molar-refractivity contribution in [1.29, 1.82) is 0 Å². The van der Waals surface area contributed by atoms with Gasteiger partial charge < -0.3 is 5.32 Å². The van der Waals surface area contributed by atoms with E-state index in [1.54, 1.807) is 30.3 Å². The highest BCUT2D eigenvalue weighted by Gasteiger charge is 2.41. The van der Waals surface area contributed by atoms with Crippen LogP contribution in [0.1, 0.15) is 12.8 Å². The third-order valence-corrected chi connectivity index (χ3v) is 3.62. The maximum Gasteiger partial charge on any atom is 0.393 e. The molecule has 1 aliphatic heterocycles. The molecular formula is C15H18F3N3O2. The van der Waals surface area contributed by atoms with Gasteiger partial charge >= 0.3 is 12.2 Å². The fourth-order valence-electron chi connectivity index (χ4n) is 2.52. The Labute approximate surface area is 131 Å². The number of imide groups is 1. The molecule has 1 aliphatic rings. The van der Waals surface area contributed by atoms with E-state index in [0.29, 0.717) is 18.7 Å². The molecule has 1 unspecified atom stereocenters. The third kappa shape index (κ3) is 5.55. The summed E-state index contributed by atoms with van der Waals surface area (Å²) in [5.41, 5.74) is 0.521. The first-order valence-corrected chi connectivity index (χ1v) is 7.29. The molecule has 0 saturated carbocycles. The molecule has 1 heterocycles. The number of hydrogen-bond acceptors (Lipinski definition) is 3. The van der Waals surface area contributed by atoms with Crippen LogP contribution in [0.2, 0.25) is 0 Å². The summed E-state index contributed by atoms with van der Waals surface area (Å²) in [6, 6.07) is 7.84. The van der Waals surface area contributed by atoms with E-state index in [-0.39, 0.29) is 19.5 Å². The quantitative estimate of drug-likeness (QED) is 0.896. The Balaban J connectivity index is 1.79. The van der Waals surface area contributed by atoms with Crippen molar-refractivity contribution in [3.63, 3.8) is 0 Å². The number of nitrogens with zero attached hydrogens (tertiary/aromatic N) is 1. The average molecular weight is 329 g/mol. The second-order valence-electron chi connectivity index (χ2n) is 5.48. The van der Waals surface area contributed by atoms with Gasteiger partial charge in [-0.2, -0.15) is 13.2 Å². The number of benzene rings is 1. The van der Waals surface area contributed by atoms with E-state index >= 15 is 0 Å². The van der Waals surface area contributed by atoms with E-state index in [4.69, 9.17) is 0 Å². The Morgan fingerprint density at radius 1 is 1.22 bits per heavy atom. The first-order chi connectivity index (χ1) is 10.8. The largest absolute Gasteiger partial charge is 0.393 e. The second kappa shape index (κ2) is 7.45. The Bertz CT molecular complexity index is 549. The predicted octanol–water partition coefficient (Wildman–Crippen LogP) is 2.61. The monoisotopic (exact) mass is 329 g/mol. The van der Waals surface area contributed by atoms with Gasteiger partial charge in [0, 0.05) is 12.2 Å². The summed E-state index contributed by atoms with van der Waals surface area (Å²) in [5, 5.41) is 4.59. The number of carbonyl (C=O) groups is 2. The lowest BCUT2D eigenvalue weighted by Crippen LogP contribution is -2.47. The number of anilines is 1. The predicted molar refractivity (Wildman–Crippen MR) is 78.8 cm³/mol. The fraction of sp³-hybridized carbons (Fsp3) is 0.467. The minimum Gasteiger partial charge on any atom is -0.308 e. The molecule has 0 bridgehead atoms. The van der Waals surface area contributed by atoms with Gasteiger partial charge in [-0.15, -0.1) is 0 Å². The van der Waals surface area contributed by atoms with Crippen LogP contribution < -0.4 is 10.6 Å². The number of urea groups is 1. The fourth-order valence-corrected chi connectivity index (χ4v) is 2.52. The molecule has 0 aromatic heterocycles. The van der Waals surface area contributed by atoms with E-state index in [9.17, 15) is 22.8 Å². The molecule has 1 saturated heterocycles. The molecule has 0 aliphatic carbocycles. The lowest BCUT2D eigenvalue weighted by molar-refractivity contribution is -0.187. The highest BCUT2D eigenvalue weighted by molar-refractivity contribution is 6.01. The highest BCUT2D eigenvalue weighted by Crippen LogP contribution is 2.32. The van der Waals surface area contributed by atoms with Crippen molar-refractivity contribution in [3.8, 4) is 0 Å². The zero-order chi connectivity index (χ0) is 16.9. The van der Waals surface area contributed by atoms with E-state index in [1.807, 2.05) is 0 Å². The molecule has 1 aromatic rings. The van der Waals surface area contributed by atoms with Crippen LogP contribution in [0.25, 0.3) is 0 Å². The number of rotatable bonds is 3. The minimum absolute atomic E-state index is 0.0795. The van der Waals surface area contributed by atoms with E-state index in [1.165, 1.54) is 4.90 Å². The molecule has 5 nitrogen and oxygen atoms in total. The van der Waals surface area contributed by atoms with Gasteiger partial charge in [-0.25, -0.2) is 4.79 Å². The summed E-state index contributed by atoms with van der Waals surface area (Å²) in [6.07, 6.45) is -3.79. The molecule has 126 valence electrons. The van der Waals surface area contributed by atoms with Crippen LogP contribution in [-0.4, -0.2) is 42.6 Å². The Morgan fingerprint density at radius 3 is 2.57 bits per heavy atom. The summed E-state index contributed by atoms with van der Waals surface area (Å²) in [6.45, 7) is -0.0215. The van der Waals surface area contributed by atoms with Crippen molar-refractivity contribution >= 4 is 17.6 Å². The molecule has 1 aromatic carbocycles. The van der Waals surface area contributed by atoms with Crippen molar-refractivity contribution in [2.75, 3.05) is 25.0 Å². The maximum atomic E-state index is 12.7. The number of carbonyl (C=O) groups excluding carboxylic acids is 2. The number of halogens is 3. The number of para-hydroxylation sites is 1. The molecule has 1 atom stereocenters.